The van der Waals surface area contributed by atoms with E-state index < -0.39 is 0 Å². The maximum Gasteiger partial charge on any atom is 0.335 e. The molecule has 1 aliphatic heterocycles. The van der Waals surface area contributed by atoms with E-state index in [0.29, 0.717) is 44.0 Å². The number of benzene rings is 1. The molecule has 7 nitrogen and oxygen atoms in total. The number of aromatic nitrogens is 2. The highest BCUT2D eigenvalue weighted by Gasteiger charge is 2.26. The summed E-state index contributed by atoms with van der Waals surface area (Å²) < 4.78 is 2.73. The van der Waals surface area contributed by atoms with Gasteiger partial charge in [-0.05, 0) is 25.5 Å². The van der Waals surface area contributed by atoms with Crippen LogP contribution in [0.4, 0.5) is 5.69 Å². The number of amides is 1. The molecule has 1 saturated heterocycles. The summed E-state index contributed by atoms with van der Waals surface area (Å²) in [5.74, 6) is 0.163. The molecule has 7 heteroatoms. The van der Waals surface area contributed by atoms with Crippen molar-refractivity contribution in [2.75, 3.05) is 31.1 Å². The van der Waals surface area contributed by atoms with Crippen molar-refractivity contribution in [2.24, 2.45) is 7.05 Å². The molecule has 0 spiro atoms. The predicted octanol–water partition coefficient (Wildman–Crippen LogP) is 1.29. The van der Waals surface area contributed by atoms with Crippen LogP contribution in [0.1, 0.15) is 25.5 Å². The molecule has 3 rings (SSSR count). The molecule has 1 amide bonds. The molecule has 0 radical (unpaired) electrons. The zero-order valence-corrected chi connectivity index (χ0v) is 16.1. The van der Waals surface area contributed by atoms with Crippen LogP contribution in [0.2, 0.25) is 0 Å². The lowest BCUT2D eigenvalue weighted by atomic mass is 10.2. The Bertz CT molecular complexity index is 938. The lowest BCUT2D eigenvalue weighted by molar-refractivity contribution is -0.131. The standard InChI is InChI=1S/C20H26N4O3/c1-4-8-17(25)22-11-13-23(14-12-22)18-15(2)24(16-9-6-5-7-10-16)20(27)21(3)19(18)26/h5-7,9-10H,4,8,11-14H2,1-3H3. The first kappa shape index (κ1) is 18.9. The average Bonchev–Trinajstić information content (AvgIpc) is 2.68. The van der Waals surface area contributed by atoms with Gasteiger partial charge in [-0.2, -0.15) is 0 Å². The van der Waals surface area contributed by atoms with Crippen molar-refractivity contribution in [1.82, 2.24) is 14.0 Å². The van der Waals surface area contributed by atoms with Gasteiger partial charge in [-0.15, -0.1) is 0 Å². The zero-order valence-electron chi connectivity index (χ0n) is 16.1. The van der Waals surface area contributed by atoms with Crippen LogP contribution in [0.5, 0.6) is 0 Å². The van der Waals surface area contributed by atoms with Crippen LogP contribution in [0, 0.1) is 6.92 Å². The minimum absolute atomic E-state index is 0.163. The normalized spacial score (nSPS) is 14.5. The van der Waals surface area contributed by atoms with Gasteiger partial charge in [-0.3, -0.25) is 18.7 Å². The summed E-state index contributed by atoms with van der Waals surface area (Å²) in [6.45, 7) is 6.14. The number of carbonyl (C=O) groups is 1. The Morgan fingerprint density at radius 1 is 1.04 bits per heavy atom. The Labute approximate surface area is 158 Å². The van der Waals surface area contributed by atoms with Crippen LogP contribution in [0.25, 0.3) is 5.69 Å². The Morgan fingerprint density at radius 3 is 2.26 bits per heavy atom. The molecule has 27 heavy (non-hydrogen) atoms. The van der Waals surface area contributed by atoms with Crippen LogP contribution < -0.4 is 16.1 Å². The van der Waals surface area contributed by atoms with Crippen molar-refractivity contribution >= 4 is 11.6 Å². The fourth-order valence-corrected chi connectivity index (χ4v) is 3.60. The van der Waals surface area contributed by atoms with Gasteiger partial charge in [0.15, 0.2) is 0 Å². The largest absolute Gasteiger partial charge is 0.362 e. The van der Waals surface area contributed by atoms with Crippen LogP contribution in [0.15, 0.2) is 39.9 Å². The zero-order chi connectivity index (χ0) is 19.6. The van der Waals surface area contributed by atoms with E-state index >= 15 is 0 Å². The molecule has 1 aliphatic rings. The molecule has 0 saturated carbocycles. The quantitative estimate of drug-likeness (QED) is 0.813. The fraction of sp³-hybridized carbons (Fsp3) is 0.450. The highest BCUT2D eigenvalue weighted by molar-refractivity contribution is 5.76. The second kappa shape index (κ2) is 7.82. The summed E-state index contributed by atoms with van der Waals surface area (Å²) in [6.07, 6.45) is 1.39. The van der Waals surface area contributed by atoms with E-state index in [0.717, 1.165) is 16.7 Å². The Hall–Kier alpha value is -2.83. The van der Waals surface area contributed by atoms with Crippen LogP contribution in [-0.2, 0) is 11.8 Å². The summed E-state index contributed by atoms with van der Waals surface area (Å²) in [6, 6.07) is 9.32. The van der Waals surface area contributed by atoms with Crippen molar-refractivity contribution < 1.29 is 4.79 Å². The molecule has 0 bridgehead atoms. The molecule has 144 valence electrons. The second-order valence-electron chi connectivity index (χ2n) is 6.87. The van der Waals surface area contributed by atoms with E-state index in [1.165, 1.54) is 7.05 Å². The molecule has 1 fully saturated rings. The summed E-state index contributed by atoms with van der Waals surface area (Å²) >= 11 is 0. The third-order valence-electron chi connectivity index (χ3n) is 5.09. The minimum Gasteiger partial charge on any atom is -0.362 e. The highest BCUT2D eigenvalue weighted by Crippen LogP contribution is 2.19. The van der Waals surface area contributed by atoms with E-state index in [2.05, 4.69) is 0 Å². The maximum atomic E-state index is 12.8. The van der Waals surface area contributed by atoms with Gasteiger partial charge in [-0.1, -0.05) is 25.1 Å². The van der Waals surface area contributed by atoms with Gasteiger partial charge in [0.2, 0.25) is 5.91 Å². The second-order valence-corrected chi connectivity index (χ2v) is 6.87. The van der Waals surface area contributed by atoms with Crippen LogP contribution in [-0.4, -0.2) is 46.1 Å². The molecule has 0 aliphatic carbocycles. The SMILES string of the molecule is CCCC(=O)N1CCN(c2c(C)n(-c3ccccc3)c(=O)n(C)c2=O)CC1. The van der Waals surface area contributed by atoms with Crippen molar-refractivity contribution in [3.8, 4) is 5.69 Å². The summed E-state index contributed by atoms with van der Waals surface area (Å²) in [7, 11) is 1.51. The Kier molecular flexibility index (Phi) is 5.48. The van der Waals surface area contributed by atoms with Gasteiger partial charge in [0.1, 0.15) is 5.69 Å². The van der Waals surface area contributed by atoms with Crippen molar-refractivity contribution in [3.05, 3.63) is 56.9 Å². The molecule has 2 heterocycles. The molecular formula is C20H26N4O3. The highest BCUT2D eigenvalue weighted by atomic mass is 16.2. The fourth-order valence-electron chi connectivity index (χ4n) is 3.60. The minimum atomic E-state index is -0.357. The molecule has 2 aromatic rings. The third kappa shape index (κ3) is 3.54. The lowest BCUT2D eigenvalue weighted by Gasteiger charge is -2.36. The Balaban J connectivity index is 1.98. The number of rotatable bonds is 4. The van der Waals surface area contributed by atoms with Gasteiger partial charge >= 0.3 is 5.69 Å². The number of anilines is 1. The number of carbonyl (C=O) groups excluding carboxylic acids is 1. The Morgan fingerprint density at radius 2 is 1.67 bits per heavy atom. The molecule has 0 N–H and O–H groups in total. The van der Waals surface area contributed by atoms with Gasteiger partial charge in [-0.25, -0.2) is 4.79 Å². The predicted molar refractivity (Wildman–Crippen MR) is 106 cm³/mol. The first-order valence-corrected chi connectivity index (χ1v) is 9.36. The summed E-state index contributed by atoms with van der Waals surface area (Å²) in [5, 5.41) is 0. The number of piperazine rings is 1. The third-order valence-corrected chi connectivity index (χ3v) is 5.09. The van der Waals surface area contributed by atoms with Crippen molar-refractivity contribution in [3.63, 3.8) is 0 Å². The molecule has 1 aromatic carbocycles. The number of hydrogen-bond acceptors (Lipinski definition) is 4. The van der Waals surface area contributed by atoms with E-state index in [1.54, 1.807) is 11.5 Å². The van der Waals surface area contributed by atoms with E-state index in [-0.39, 0.29) is 17.2 Å². The monoisotopic (exact) mass is 370 g/mol. The van der Waals surface area contributed by atoms with E-state index in [1.807, 2.05) is 47.1 Å². The van der Waals surface area contributed by atoms with E-state index in [9.17, 15) is 14.4 Å². The topological polar surface area (TPSA) is 67.6 Å². The number of nitrogens with zero attached hydrogens (tertiary/aromatic N) is 4. The molecular weight excluding hydrogens is 344 g/mol. The van der Waals surface area contributed by atoms with Gasteiger partial charge in [0.25, 0.3) is 5.56 Å². The van der Waals surface area contributed by atoms with Gasteiger partial charge in [0, 0.05) is 39.6 Å². The van der Waals surface area contributed by atoms with Gasteiger partial charge in [0.05, 0.1) is 11.4 Å². The lowest BCUT2D eigenvalue weighted by Crippen LogP contribution is -2.52. The van der Waals surface area contributed by atoms with Crippen molar-refractivity contribution in [2.45, 2.75) is 26.7 Å². The number of hydrogen-bond donors (Lipinski definition) is 0. The summed E-state index contributed by atoms with van der Waals surface area (Å²) in [5.41, 5.74) is 1.24. The smallest absolute Gasteiger partial charge is 0.335 e. The van der Waals surface area contributed by atoms with Gasteiger partial charge < -0.3 is 9.80 Å². The van der Waals surface area contributed by atoms with Crippen LogP contribution in [0.3, 0.4) is 0 Å². The maximum absolute atomic E-state index is 12.8. The van der Waals surface area contributed by atoms with Crippen molar-refractivity contribution in [1.29, 1.82) is 0 Å². The molecule has 1 aromatic heterocycles. The first-order chi connectivity index (χ1) is 13.0. The molecule has 0 unspecified atom stereocenters. The van der Waals surface area contributed by atoms with E-state index in [4.69, 9.17) is 0 Å². The number of para-hydroxylation sites is 1. The summed E-state index contributed by atoms with van der Waals surface area (Å²) in [4.78, 5) is 41.5. The average molecular weight is 370 g/mol. The first-order valence-electron chi connectivity index (χ1n) is 9.36. The molecule has 0 atom stereocenters. The van der Waals surface area contributed by atoms with Crippen LogP contribution >= 0.6 is 0 Å².